The maximum Gasteiger partial charge on any atom is 0.255 e. The molecule has 1 aromatic carbocycles. The lowest BCUT2D eigenvalue weighted by Gasteiger charge is -2.38. The zero-order valence-corrected chi connectivity index (χ0v) is 20.9. The van der Waals surface area contributed by atoms with E-state index < -0.39 is 5.60 Å². The van der Waals surface area contributed by atoms with E-state index in [0.717, 1.165) is 30.8 Å². The van der Waals surface area contributed by atoms with Gasteiger partial charge in [0, 0.05) is 43.8 Å². The quantitative estimate of drug-likeness (QED) is 0.600. The molecule has 2 fully saturated rings. The molecule has 2 bridgehead atoms. The van der Waals surface area contributed by atoms with Gasteiger partial charge in [0.15, 0.2) is 0 Å². The number of aromatic nitrogens is 1. The molecule has 1 aromatic heterocycles. The van der Waals surface area contributed by atoms with Crippen molar-refractivity contribution in [2.45, 2.75) is 71.2 Å². The molecule has 2 saturated heterocycles. The number of amides is 1. The Morgan fingerprint density at radius 1 is 1.21 bits per heavy atom. The summed E-state index contributed by atoms with van der Waals surface area (Å²) >= 11 is 5.87. The van der Waals surface area contributed by atoms with Crippen molar-refractivity contribution >= 4 is 17.5 Å². The molecule has 0 unspecified atom stereocenters. The van der Waals surface area contributed by atoms with Gasteiger partial charge in [-0.25, -0.2) is 4.98 Å². The summed E-state index contributed by atoms with van der Waals surface area (Å²) in [6.45, 7) is 12.2. The van der Waals surface area contributed by atoms with Crippen LogP contribution in [0.15, 0.2) is 30.5 Å². The van der Waals surface area contributed by atoms with Crippen molar-refractivity contribution in [2.75, 3.05) is 19.7 Å². The molecule has 33 heavy (non-hydrogen) atoms. The number of fused-ring (bicyclic) bond motifs is 2. The minimum absolute atomic E-state index is 0.0403. The van der Waals surface area contributed by atoms with Gasteiger partial charge >= 0.3 is 0 Å². The van der Waals surface area contributed by atoms with Crippen molar-refractivity contribution in [3.05, 3.63) is 57.9 Å². The van der Waals surface area contributed by atoms with Gasteiger partial charge in [-0.15, -0.1) is 0 Å². The molecule has 2 aromatic rings. The van der Waals surface area contributed by atoms with Gasteiger partial charge in [-0.2, -0.15) is 0 Å². The van der Waals surface area contributed by atoms with Crippen LogP contribution in [0.3, 0.4) is 0 Å². The summed E-state index contributed by atoms with van der Waals surface area (Å²) in [4.78, 5) is 21.6. The number of halogens is 1. The van der Waals surface area contributed by atoms with Crippen molar-refractivity contribution in [1.29, 1.82) is 0 Å². The average Bonchev–Trinajstić information content (AvgIpc) is 3.37. The first-order valence-corrected chi connectivity index (χ1v) is 12.1. The van der Waals surface area contributed by atoms with Crippen LogP contribution in [0, 0.1) is 13.8 Å². The standard InChI is InChI=1S/C26H34ClN3O3/c1-16-17(2)23(33-11-10-26(4,5)32)8-7-22(16)18(3)29-14-21-12-20(29)15-30(21)25(31)19-6-9-24(27)28-13-19/h6-9,13,18,20-21,32H,10-12,14-15H2,1-5H3/t18-,20-,21-/m0/s1. The Labute approximate surface area is 201 Å². The van der Waals surface area contributed by atoms with Crippen LogP contribution in [0.25, 0.3) is 0 Å². The Morgan fingerprint density at radius 3 is 2.58 bits per heavy atom. The van der Waals surface area contributed by atoms with Gasteiger partial charge in [0.25, 0.3) is 5.91 Å². The lowest BCUT2D eigenvalue weighted by Crippen LogP contribution is -2.49. The number of hydrogen-bond donors (Lipinski definition) is 1. The summed E-state index contributed by atoms with van der Waals surface area (Å²) in [7, 11) is 0. The highest BCUT2D eigenvalue weighted by molar-refractivity contribution is 6.29. The van der Waals surface area contributed by atoms with E-state index >= 15 is 0 Å². The average molecular weight is 472 g/mol. The molecular weight excluding hydrogens is 438 g/mol. The lowest BCUT2D eigenvalue weighted by molar-refractivity contribution is 0.0547. The third-order valence-electron chi connectivity index (χ3n) is 7.22. The van der Waals surface area contributed by atoms with Crippen molar-refractivity contribution in [3.63, 3.8) is 0 Å². The zero-order chi connectivity index (χ0) is 23.9. The van der Waals surface area contributed by atoms with Gasteiger partial charge in [-0.3, -0.25) is 9.69 Å². The predicted octanol–water partition coefficient (Wildman–Crippen LogP) is 4.55. The maximum atomic E-state index is 13.0. The highest BCUT2D eigenvalue weighted by atomic mass is 35.5. The maximum absolute atomic E-state index is 13.0. The van der Waals surface area contributed by atoms with E-state index in [0.29, 0.717) is 29.8 Å². The Morgan fingerprint density at radius 2 is 1.97 bits per heavy atom. The van der Waals surface area contributed by atoms with E-state index in [1.54, 1.807) is 32.2 Å². The molecule has 6 nitrogen and oxygen atoms in total. The normalized spacial score (nSPS) is 21.5. The molecule has 4 rings (SSSR count). The Bertz CT molecular complexity index is 1020. The van der Waals surface area contributed by atoms with Crippen molar-refractivity contribution in [3.8, 4) is 5.75 Å². The molecule has 0 aliphatic carbocycles. The van der Waals surface area contributed by atoms with Gasteiger partial charge < -0.3 is 14.7 Å². The minimum Gasteiger partial charge on any atom is -0.493 e. The number of benzene rings is 1. The zero-order valence-electron chi connectivity index (χ0n) is 20.1. The van der Waals surface area contributed by atoms with Crippen LogP contribution in [0.4, 0.5) is 0 Å². The van der Waals surface area contributed by atoms with Crippen LogP contribution < -0.4 is 4.74 Å². The first-order chi connectivity index (χ1) is 15.5. The highest BCUT2D eigenvalue weighted by Crippen LogP contribution is 2.39. The fourth-order valence-corrected chi connectivity index (χ4v) is 5.22. The van der Waals surface area contributed by atoms with Gasteiger partial charge in [-0.05, 0) is 75.9 Å². The minimum atomic E-state index is -0.730. The van der Waals surface area contributed by atoms with E-state index in [9.17, 15) is 9.90 Å². The summed E-state index contributed by atoms with van der Waals surface area (Å²) in [5.74, 6) is 0.919. The number of ether oxygens (including phenoxy) is 1. The fraction of sp³-hybridized carbons (Fsp3) is 0.538. The second kappa shape index (κ2) is 9.24. The van der Waals surface area contributed by atoms with Crippen LogP contribution in [0.1, 0.15) is 66.7 Å². The fourth-order valence-electron chi connectivity index (χ4n) is 5.10. The number of carbonyl (C=O) groups excluding carboxylic acids is 1. The van der Waals surface area contributed by atoms with E-state index in [2.05, 4.69) is 42.8 Å². The van der Waals surface area contributed by atoms with Crippen LogP contribution in [-0.2, 0) is 0 Å². The predicted molar refractivity (Wildman–Crippen MR) is 130 cm³/mol. The Hall–Kier alpha value is -2.15. The number of likely N-dealkylation sites (tertiary alicyclic amines) is 2. The summed E-state index contributed by atoms with van der Waals surface area (Å²) in [6.07, 6.45) is 3.16. The number of rotatable bonds is 7. The molecule has 0 saturated carbocycles. The summed E-state index contributed by atoms with van der Waals surface area (Å²) in [6, 6.07) is 8.49. The third-order valence-corrected chi connectivity index (χ3v) is 7.44. The second-order valence-electron chi connectivity index (χ2n) is 10.1. The Balaban J connectivity index is 1.42. The van der Waals surface area contributed by atoms with Crippen LogP contribution in [-0.4, -0.2) is 63.2 Å². The first-order valence-electron chi connectivity index (χ1n) is 11.7. The Kier molecular flexibility index (Phi) is 6.72. The number of aliphatic hydroxyl groups is 1. The number of hydrogen-bond acceptors (Lipinski definition) is 5. The molecule has 7 heteroatoms. The molecule has 3 atom stereocenters. The highest BCUT2D eigenvalue weighted by Gasteiger charge is 2.47. The van der Waals surface area contributed by atoms with E-state index in [1.807, 2.05) is 4.90 Å². The SMILES string of the molecule is Cc1c(OCCC(C)(C)O)ccc([C@H](C)N2C[C@@H]3C[C@H]2CN3C(=O)c2ccc(Cl)nc2)c1C. The third kappa shape index (κ3) is 5.03. The smallest absolute Gasteiger partial charge is 0.255 e. The molecule has 2 aliphatic heterocycles. The van der Waals surface area contributed by atoms with E-state index in [1.165, 1.54) is 11.1 Å². The summed E-state index contributed by atoms with van der Waals surface area (Å²) < 4.78 is 5.96. The van der Waals surface area contributed by atoms with Gasteiger partial charge in [0.2, 0.25) is 0 Å². The molecule has 2 aliphatic rings. The largest absolute Gasteiger partial charge is 0.493 e. The summed E-state index contributed by atoms with van der Waals surface area (Å²) in [5, 5.41) is 10.3. The first kappa shape index (κ1) is 24.0. The van der Waals surface area contributed by atoms with Crippen molar-refractivity contribution < 1.29 is 14.6 Å². The lowest BCUT2D eigenvalue weighted by atomic mass is 9.96. The molecule has 0 radical (unpaired) electrons. The second-order valence-corrected chi connectivity index (χ2v) is 10.4. The molecular formula is C26H34ClN3O3. The molecule has 178 valence electrons. The van der Waals surface area contributed by atoms with Crippen molar-refractivity contribution in [2.24, 2.45) is 0 Å². The number of piperazine rings is 1. The van der Waals surface area contributed by atoms with Crippen molar-refractivity contribution in [1.82, 2.24) is 14.8 Å². The van der Waals surface area contributed by atoms with Crippen LogP contribution in [0.2, 0.25) is 5.15 Å². The number of carbonyl (C=O) groups is 1. The monoisotopic (exact) mass is 471 g/mol. The molecule has 1 amide bonds. The number of nitrogens with zero attached hydrogens (tertiary/aromatic N) is 3. The molecule has 3 heterocycles. The van der Waals surface area contributed by atoms with Gasteiger partial charge in [0.1, 0.15) is 10.9 Å². The van der Waals surface area contributed by atoms with Gasteiger partial charge in [0.05, 0.1) is 17.8 Å². The van der Waals surface area contributed by atoms with Crippen LogP contribution >= 0.6 is 11.6 Å². The molecule has 0 spiro atoms. The van der Waals surface area contributed by atoms with Gasteiger partial charge in [-0.1, -0.05) is 17.7 Å². The van der Waals surface area contributed by atoms with E-state index in [-0.39, 0.29) is 18.0 Å². The molecule has 1 N–H and O–H groups in total. The summed E-state index contributed by atoms with van der Waals surface area (Å²) in [5.41, 5.74) is 3.55. The topological polar surface area (TPSA) is 65.9 Å². The van der Waals surface area contributed by atoms with Crippen LogP contribution in [0.5, 0.6) is 5.75 Å². The van der Waals surface area contributed by atoms with E-state index in [4.69, 9.17) is 16.3 Å². The number of pyridine rings is 1.